The molecule has 0 saturated carbocycles. The van der Waals surface area contributed by atoms with E-state index in [2.05, 4.69) is 4.98 Å². The Hall–Kier alpha value is -1.65. The van der Waals surface area contributed by atoms with Crippen molar-refractivity contribution in [2.24, 2.45) is 0 Å². The summed E-state index contributed by atoms with van der Waals surface area (Å²) in [7, 11) is 0. The van der Waals surface area contributed by atoms with Crippen molar-refractivity contribution in [3.8, 4) is 0 Å². The standard InChI is InChI=1S/C11H11NO3/c13-6-9(14)8-3-1-2-7-4-5-10(15)12-11(7)8/h1-5,9,13-14H,6H2,(H,12,15). The van der Waals surface area contributed by atoms with Gasteiger partial charge in [0.25, 0.3) is 0 Å². The molecule has 4 heteroatoms. The molecule has 1 aromatic carbocycles. The molecule has 0 radical (unpaired) electrons. The van der Waals surface area contributed by atoms with Crippen LogP contribution in [0.3, 0.4) is 0 Å². The summed E-state index contributed by atoms with van der Waals surface area (Å²) in [5, 5.41) is 19.3. The first kappa shape index (κ1) is 9.89. The molecule has 3 N–H and O–H groups in total. The van der Waals surface area contributed by atoms with Gasteiger partial charge in [0, 0.05) is 11.6 Å². The lowest BCUT2D eigenvalue weighted by Crippen LogP contribution is -2.08. The molecule has 1 heterocycles. The zero-order valence-corrected chi connectivity index (χ0v) is 7.97. The average molecular weight is 205 g/mol. The van der Waals surface area contributed by atoms with Crippen molar-refractivity contribution in [2.45, 2.75) is 6.10 Å². The fourth-order valence-corrected chi connectivity index (χ4v) is 1.58. The van der Waals surface area contributed by atoms with Crippen molar-refractivity contribution in [3.05, 3.63) is 46.2 Å². The van der Waals surface area contributed by atoms with Crippen molar-refractivity contribution in [1.29, 1.82) is 0 Å². The number of aromatic amines is 1. The first-order chi connectivity index (χ1) is 7.22. The summed E-state index contributed by atoms with van der Waals surface area (Å²) >= 11 is 0. The highest BCUT2D eigenvalue weighted by Gasteiger charge is 2.09. The van der Waals surface area contributed by atoms with E-state index in [9.17, 15) is 9.90 Å². The highest BCUT2D eigenvalue weighted by atomic mass is 16.3. The van der Waals surface area contributed by atoms with Crippen LogP contribution >= 0.6 is 0 Å². The van der Waals surface area contributed by atoms with Gasteiger partial charge in [0.05, 0.1) is 12.1 Å². The van der Waals surface area contributed by atoms with Crippen molar-refractivity contribution >= 4 is 10.9 Å². The largest absolute Gasteiger partial charge is 0.393 e. The zero-order chi connectivity index (χ0) is 10.8. The van der Waals surface area contributed by atoms with Crippen molar-refractivity contribution < 1.29 is 10.2 Å². The van der Waals surface area contributed by atoms with E-state index in [0.717, 1.165) is 5.39 Å². The van der Waals surface area contributed by atoms with Gasteiger partial charge in [-0.2, -0.15) is 0 Å². The lowest BCUT2D eigenvalue weighted by atomic mass is 10.1. The molecule has 2 rings (SSSR count). The van der Waals surface area contributed by atoms with Crippen LogP contribution in [0.4, 0.5) is 0 Å². The number of H-pyrrole nitrogens is 1. The summed E-state index contributed by atoms with van der Waals surface area (Å²) in [5.41, 5.74) is 0.888. The lowest BCUT2D eigenvalue weighted by molar-refractivity contribution is 0.0966. The van der Waals surface area contributed by atoms with Crippen LogP contribution in [0.5, 0.6) is 0 Å². The number of pyridine rings is 1. The van der Waals surface area contributed by atoms with Gasteiger partial charge in [-0.15, -0.1) is 0 Å². The molecule has 0 saturated heterocycles. The number of aliphatic hydroxyl groups excluding tert-OH is 2. The predicted octanol–water partition coefficient (Wildman–Crippen LogP) is 0.554. The summed E-state index contributed by atoms with van der Waals surface area (Å²) < 4.78 is 0. The van der Waals surface area contributed by atoms with Gasteiger partial charge in [0.15, 0.2) is 0 Å². The number of benzene rings is 1. The van der Waals surface area contributed by atoms with E-state index in [1.165, 1.54) is 6.07 Å². The van der Waals surface area contributed by atoms with Crippen molar-refractivity contribution in [1.82, 2.24) is 4.98 Å². The summed E-state index contributed by atoms with van der Waals surface area (Å²) in [5.74, 6) is 0. The minimum Gasteiger partial charge on any atom is -0.393 e. The van der Waals surface area contributed by atoms with Gasteiger partial charge in [-0.05, 0) is 11.5 Å². The number of nitrogens with one attached hydrogen (secondary N) is 1. The number of aromatic nitrogens is 1. The molecule has 2 aromatic rings. The summed E-state index contributed by atoms with van der Waals surface area (Å²) in [6.07, 6.45) is -0.966. The molecule has 0 aliphatic heterocycles. The van der Waals surface area contributed by atoms with Gasteiger partial charge in [-0.25, -0.2) is 0 Å². The normalized spacial score (nSPS) is 12.9. The average Bonchev–Trinajstić information content (AvgIpc) is 2.27. The van der Waals surface area contributed by atoms with Gasteiger partial charge >= 0.3 is 0 Å². The number of fused-ring (bicyclic) bond motifs is 1. The molecule has 78 valence electrons. The maximum Gasteiger partial charge on any atom is 0.248 e. The minimum atomic E-state index is -0.966. The van der Waals surface area contributed by atoms with Crippen molar-refractivity contribution in [2.75, 3.05) is 6.61 Å². The van der Waals surface area contributed by atoms with Crippen molar-refractivity contribution in [3.63, 3.8) is 0 Å². The predicted molar refractivity (Wildman–Crippen MR) is 56.6 cm³/mol. The second-order valence-corrected chi connectivity index (χ2v) is 3.33. The molecule has 0 fully saturated rings. The van der Waals surface area contributed by atoms with E-state index in [1.807, 2.05) is 6.07 Å². The van der Waals surface area contributed by atoms with Crippen LogP contribution in [0.15, 0.2) is 35.1 Å². The lowest BCUT2D eigenvalue weighted by Gasteiger charge is -2.10. The second kappa shape index (κ2) is 3.84. The highest BCUT2D eigenvalue weighted by molar-refractivity contribution is 5.81. The van der Waals surface area contributed by atoms with E-state index in [-0.39, 0.29) is 12.2 Å². The number of aliphatic hydroxyl groups is 2. The first-order valence-corrected chi connectivity index (χ1v) is 4.63. The maximum absolute atomic E-state index is 11.1. The molecule has 0 spiro atoms. The fourth-order valence-electron chi connectivity index (χ4n) is 1.58. The van der Waals surface area contributed by atoms with E-state index in [1.54, 1.807) is 18.2 Å². The third kappa shape index (κ3) is 1.77. The topological polar surface area (TPSA) is 73.3 Å². The molecular formula is C11H11NO3. The SMILES string of the molecule is O=c1ccc2cccc(C(O)CO)c2[nH]1. The Labute approximate surface area is 85.8 Å². The fraction of sp³-hybridized carbons (Fsp3) is 0.182. The van der Waals surface area contributed by atoms with Crippen LogP contribution in [0.1, 0.15) is 11.7 Å². The van der Waals surface area contributed by atoms with E-state index >= 15 is 0 Å². The Morgan fingerprint density at radius 2 is 2.07 bits per heavy atom. The van der Waals surface area contributed by atoms with Gasteiger partial charge in [-0.1, -0.05) is 18.2 Å². The molecule has 4 nitrogen and oxygen atoms in total. The van der Waals surface area contributed by atoms with Crippen LogP contribution in [-0.4, -0.2) is 21.8 Å². The Morgan fingerprint density at radius 3 is 2.80 bits per heavy atom. The monoisotopic (exact) mass is 205 g/mol. The first-order valence-electron chi connectivity index (χ1n) is 4.63. The van der Waals surface area contributed by atoms with E-state index in [0.29, 0.717) is 11.1 Å². The molecular weight excluding hydrogens is 194 g/mol. The van der Waals surface area contributed by atoms with Crippen LogP contribution in [0, 0.1) is 0 Å². The molecule has 1 unspecified atom stereocenters. The minimum absolute atomic E-state index is 0.222. The third-order valence-corrected chi connectivity index (χ3v) is 2.32. The summed E-state index contributed by atoms with van der Waals surface area (Å²) in [6.45, 7) is -0.365. The molecule has 0 aliphatic rings. The Kier molecular flexibility index (Phi) is 2.53. The molecule has 1 atom stereocenters. The van der Waals surface area contributed by atoms with Gasteiger partial charge in [-0.3, -0.25) is 4.79 Å². The quantitative estimate of drug-likeness (QED) is 0.670. The number of para-hydroxylation sites is 1. The molecule has 0 aliphatic carbocycles. The molecule has 0 amide bonds. The smallest absolute Gasteiger partial charge is 0.248 e. The van der Waals surface area contributed by atoms with Gasteiger partial charge in [0.2, 0.25) is 5.56 Å². The molecule has 15 heavy (non-hydrogen) atoms. The zero-order valence-electron chi connectivity index (χ0n) is 7.97. The van der Waals surface area contributed by atoms with E-state index < -0.39 is 6.10 Å². The summed E-state index contributed by atoms with van der Waals surface area (Å²) in [4.78, 5) is 13.8. The third-order valence-electron chi connectivity index (χ3n) is 2.32. The van der Waals surface area contributed by atoms with Gasteiger partial charge in [0.1, 0.15) is 6.10 Å². The Bertz CT molecular complexity index is 533. The second-order valence-electron chi connectivity index (χ2n) is 3.33. The summed E-state index contributed by atoms with van der Waals surface area (Å²) in [6, 6.07) is 8.39. The number of hydrogen-bond donors (Lipinski definition) is 3. The van der Waals surface area contributed by atoms with Crippen LogP contribution < -0.4 is 5.56 Å². The highest BCUT2D eigenvalue weighted by Crippen LogP contribution is 2.20. The van der Waals surface area contributed by atoms with Gasteiger partial charge < -0.3 is 15.2 Å². The van der Waals surface area contributed by atoms with Crippen LogP contribution in [0.25, 0.3) is 10.9 Å². The maximum atomic E-state index is 11.1. The molecule has 0 bridgehead atoms. The Morgan fingerprint density at radius 1 is 1.27 bits per heavy atom. The Balaban J connectivity index is 2.73. The van der Waals surface area contributed by atoms with E-state index in [4.69, 9.17) is 5.11 Å². The van der Waals surface area contributed by atoms with Crippen LogP contribution in [0.2, 0.25) is 0 Å². The number of rotatable bonds is 2. The number of hydrogen-bond acceptors (Lipinski definition) is 3. The molecule has 1 aromatic heterocycles. The van der Waals surface area contributed by atoms with Crippen LogP contribution in [-0.2, 0) is 0 Å².